The van der Waals surface area contributed by atoms with E-state index in [-0.39, 0.29) is 18.1 Å². The number of nitrogens with one attached hydrogen (secondary N) is 1. The molecule has 3 aromatic rings. The van der Waals surface area contributed by atoms with E-state index >= 15 is 0 Å². The number of anilines is 1. The molecular weight excluding hydrogens is 464 g/mol. The molecular formula is C21H20F4N4O3S. The molecule has 1 aliphatic rings. The number of nitrogens with zero attached hydrogens (tertiary/aromatic N) is 3. The van der Waals surface area contributed by atoms with Gasteiger partial charge in [-0.25, -0.2) is 17.8 Å². The average molecular weight is 484 g/mol. The summed E-state index contributed by atoms with van der Waals surface area (Å²) in [4.78, 5) is 3.94. The Morgan fingerprint density at radius 1 is 1.12 bits per heavy atom. The summed E-state index contributed by atoms with van der Waals surface area (Å²) in [5, 5.41) is 3.01. The number of rotatable bonds is 6. The van der Waals surface area contributed by atoms with E-state index in [0.717, 1.165) is 0 Å². The van der Waals surface area contributed by atoms with Crippen molar-refractivity contribution >= 4 is 15.7 Å². The van der Waals surface area contributed by atoms with E-state index in [2.05, 4.69) is 15.0 Å². The van der Waals surface area contributed by atoms with E-state index in [0.29, 0.717) is 11.3 Å². The topological polar surface area (TPSA) is 76.5 Å². The van der Waals surface area contributed by atoms with E-state index in [1.165, 1.54) is 51.7 Å². The number of halogens is 4. The molecule has 2 aromatic carbocycles. The van der Waals surface area contributed by atoms with Gasteiger partial charge in [0.15, 0.2) is 5.03 Å². The van der Waals surface area contributed by atoms with Crippen molar-refractivity contribution in [2.45, 2.75) is 23.3 Å². The predicted octanol–water partition coefficient (Wildman–Crippen LogP) is 3.73. The van der Waals surface area contributed by atoms with Gasteiger partial charge in [0, 0.05) is 50.0 Å². The second kappa shape index (κ2) is 8.67. The first-order chi connectivity index (χ1) is 15.5. The van der Waals surface area contributed by atoms with Crippen molar-refractivity contribution in [2.75, 3.05) is 18.4 Å². The summed E-state index contributed by atoms with van der Waals surface area (Å²) >= 11 is 0. The number of hydrogen-bond donors (Lipinski definition) is 1. The Morgan fingerprint density at radius 2 is 1.85 bits per heavy atom. The maximum absolute atomic E-state index is 13.4. The van der Waals surface area contributed by atoms with Crippen molar-refractivity contribution in [3.05, 3.63) is 72.4 Å². The van der Waals surface area contributed by atoms with Gasteiger partial charge in [-0.15, -0.1) is 13.2 Å². The van der Waals surface area contributed by atoms with Crippen LogP contribution in [0.4, 0.5) is 23.2 Å². The lowest BCUT2D eigenvalue weighted by Gasteiger charge is -2.22. The van der Waals surface area contributed by atoms with Gasteiger partial charge in [-0.05, 0) is 29.8 Å². The minimum atomic E-state index is -4.84. The summed E-state index contributed by atoms with van der Waals surface area (Å²) < 4.78 is 84.2. The van der Waals surface area contributed by atoms with Crippen molar-refractivity contribution in [3.8, 4) is 5.75 Å². The van der Waals surface area contributed by atoms with Gasteiger partial charge in [0.1, 0.15) is 11.6 Å². The Balaban J connectivity index is 1.63. The Labute approximate surface area is 187 Å². The first-order valence-electron chi connectivity index (χ1n) is 9.87. The molecule has 0 unspecified atom stereocenters. The molecule has 1 aromatic heterocycles. The summed E-state index contributed by atoms with van der Waals surface area (Å²) in [5.41, 5.74) is 1.02. The fourth-order valence-corrected chi connectivity index (χ4v) is 5.27. The van der Waals surface area contributed by atoms with Crippen LogP contribution in [0.25, 0.3) is 0 Å². The van der Waals surface area contributed by atoms with Gasteiger partial charge in [-0.3, -0.25) is 0 Å². The smallest absolute Gasteiger partial charge is 0.406 e. The van der Waals surface area contributed by atoms with Crippen LogP contribution in [0.3, 0.4) is 0 Å². The maximum Gasteiger partial charge on any atom is 0.573 e. The predicted molar refractivity (Wildman–Crippen MR) is 112 cm³/mol. The highest BCUT2D eigenvalue weighted by molar-refractivity contribution is 7.89. The fourth-order valence-electron chi connectivity index (χ4n) is 3.81. The van der Waals surface area contributed by atoms with Gasteiger partial charge in [-0.2, -0.15) is 4.31 Å². The number of aryl methyl sites for hydroxylation is 1. The van der Waals surface area contributed by atoms with Crippen molar-refractivity contribution in [1.29, 1.82) is 0 Å². The van der Waals surface area contributed by atoms with Crippen molar-refractivity contribution in [2.24, 2.45) is 7.05 Å². The summed E-state index contributed by atoms with van der Waals surface area (Å²) in [5.74, 6) is -1.23. The molecule has 0 amide bonds. The highest BCUT2D eigenvalue weighted by Gasteiger charge is 2.41. The number of hydrogen-bond acceptors (Lipinski definition) is 5. The van der Waals surface area contributed by atoms with Crippen LogP contribution in [0.5, 0.6) is 5.75 Å². The molecule has 2 atom stereocenters. The quantitative estimate of drug-likeness (QED) is 0.540. The summed E-state index contributed by atoms with van der Waals surface area (Å²) in [6, 6.07) is 10.5. The van der Waals surface area contributed by atoms with E-state index < -0.39 is 39.9 Å². The molecule has 0 bridgehead atoms. The highest BCUT2D eigenvalue weighted by atomic mass is 32.2. The first kappa shape index (κ1) is 23.1. The number of aromatic nitrogens is 2. The molecule has 1 fully saturated rings. The third-order valence-electron chi connectivity index (χ3n) is 5.29. The molecule has 1 saturated heterocycles. The molecule has 4 rings (SSSR count). The van der Waals surface area contributed by atoms with Gasteiger partial charge in [0.2, 0.25) is 0 Å². The van der Waals surface area contributed by atoms with Gasteiger partial charge in [-0.1, -0.05) is 18.2 Å². The second-order valence-electron chi connectivity index (χ2n) is 7.68. The molecule has 0 saturated carbocycles. The van der Waals surface area contributed by atoms with Gasteiger partial charge in [0.05, 0.1) is 6.33 Å². The van der Waals surface area contributed by atoms with Gasteiger partial charge < -0.3 is 14.6 Å². The number of imidazole rings is 1. The molecule has 7 nitrogen and oxygen atoms in total. The molecule has 2 heterocycles. The van der Waals surface area contributed by atoms with E-state index in [1.54, 1.807) is 25.2 Å². The molecule has 0 spiro atoms. The Kier molecular flexibility index (Phi) is 6.06. The molecule has 0 radical (unpaired) electrons. The van der Waals surface area contributed by atoms with Gasteiger partial charge >= 0.3 is 6.36 Å². The molecule has 176 valence electrons. The SMILES string of the molecule is Cn1cnc(S(=O)(=O)N2C[C@H](Nc3cccc(OC(F)(F)F)c3)[C@@H](c3ccc(F)cc3)C2)c1. The highest BCUT2D eigenvalue weighted by Crippen LogP contribution is 2.34. The van der Waals surface area contributed by atoms with Crippen LogP contribution in [0, 0.1) is 5.82 Å². The second-order valence-corrected chi connectivity index (χ2v) is 9.57. The minimum absolute atomic E-state index is 0.0330. The average Bonchev–Trinajstić information content (AvgIpc) is 3.35. The van der Waals surface area contributed by atoms with Crippen LogP contribution < -0.4 is 10.1 Å². The molecule has 0 aliphatic carbocycles. The van der Waals surface area contributed by atoms with Crippen LogP contribution in [0.1, 0.15) is 11.5 Å². The zero-order valence-electron chi connectivity index (χ0n) is 17.3. The van der Waals surface area contributed by atoms with E-state index in [9.17, 15) is 26.0 Å². The molecule has 1 N–H and O–H groups in total. The van der Waals surface area contributed by atoms with Crippen LogP contribution in [-0.4, -0.2) is 47.8 Å². The lowest BCUT2D eigenvalue weighted by atomic mass is 9.94. The van der Waals surface area contributed by atoms with Crippen LogP contribution in [-0.2, 0) is 17.1 Å². The van der Waals surface area contributed by atoms with Crippen molar-refractivity contribution < 1.29 is 30.7 Å². The van der Waals surface area contributed by atoms with Crippen LogP contribution in [0.15, 0.2) is 66.1 Å². The number of benzene rings is 2. The Morgan fingerprint density at radius 3 is 2.48 bits per heavy atom. The summed E-state index contributed by atoms with van der Waals surface area (Å²) in [6.07, 6.45) is -2.07. The monoisotopic (exact) mass is 484 g/mol. The lowest BCUT2D eigenvalue weighted by molar-refractivity contribution is -0.274. The number of sulfonamides is 1. The van der Waals surface area contributed by atoms with Crippen LogP contribution >= 0.6 is 0 Å². The zero-order valence-corrected chi connectivity index (χ0v) is 18.1. The maximum atomic E-state index is 13.4. The van der Waals surface area contributed by atoms with Crippen LogP contribution in [0.2, 0.25) is 0 Å². The van der Waals surface area contributed by atoms with E-state index in [1.807, 2.05) is 0 Å². The third kappa shape index (κ3) is 5.28. The first-order valence-corrected chi connectivity index (χ1v) is 11.3. The van der Waals surface area contributed by atoms with Crippen molar-refractivity contribution in [1.82, 2.24) is 13.9 Å². The summed E-state index contributed by atoms with van der Waals surface area (Å²) in [7, 11) is -2.26. The van der Waals surface area contributed by atoms with Gasteiger partial charge in [0.25, 0.3) is 10.0 Å². The molecule has 12 heteroatoms. The Hall–Kier alpha value is -3.12. The molecule has 33 heavy (non-hydrogen) atoms. The standard InChI is InChI=1S/C21H20F4N4O3S/c1-28-12-20(26-13-28)33(30,31)29-10-18(14-5-7-15(22)8-6-14)19(11-29)27-16-3-2-4-17(9-16)32-21(23,24)25/h2-9,12-13,18-19,27H,10-11H2,1H3/t18-,19+/m1/s1. The minimum Gasteiger partial charge on any atom is -0.406 e. The Bertz CT molecular complexity index is 1230. The number of ether oxygens (including phenoxy) is 1. The zero-order chi connectivity index (χ0) is 23.8. The largest absolute Gasteiger partial charge is 0.573 e. The van der Waals surface area contributed by atoms with Crippen molar-refractivity contribution in [3.63, 3.8) is 0 Å². The lowest BCUT2D eigenvalue weighted by Crippen LogP contribution is -2.32. The summed E-state index contributed by atoms with van der Waals surface area (Å²) in [6.45, 7) is 0.117. The normalized spacial score (nSPS) is 19.5. The molecule has 1 aliphatic heterocycles. The number of alkyl halides is 3. The third-order valence-corrected chi connectivity index (χ3v) is 7.01. The fraction of sp³-hybridized carbons (Fsp3) is 0.286. The van der Waals surface area contributed by atoms with E-state index in [4.69, 9.17) is 0 Å².